The first kappa shape index (κ1) is 20.8. The lowest BCUT2D eigenvalue weighted by atomic mass is 10.1. The van der Waals surface area contributed by atoms with E-state index in [-0.39, 0.29) is 23.4 Å². The van der Waals surface area contributed by atoms with Gasteiger partial charge in [-0.15, -0.1) is 0 Å². The molecule has 2 aromatic carbocycles. The fourth-order valence-corrected chi connectivity index (χ4v) is 2.66. The van der Waals surface area contributed by atoms with Gasteiger partial charge in [0.1, 0.15) is 6.54 Å². The van der Waals surface area contributed by atoms with Crippen molar-refractivity contribution in [1.29, 1.82) is 0 Å². The number of aromatic nitrogens is 1. The van der Waals surface area contributed by atoms with E-state index < -0.39 is 23.6 Å². The smallest absolute Gasteiger partial charge is 0.325 e. The fourth-order valence-electron chi connectivity index (χ4n) is 2.66. The Kier molecular flexibility index (Phi) is 6.01. The molecule has 3 rings (SSSR count). The molecule has 0 aliphatic carbocycles. The molecule has 6 nitrogen and oxygen atoms in total. The SMILES string of the molecule is O=C(Cn1ccccc1=O)Nc1cccc(C(=O)Nc2cccc(C(F)(F)F)c2)c1. The molecule has 0 saturated carbocycles. The zero-order chi connectivity index (χ0) is 21.7. The molecule has 154 valence electrons. The van der Waals surface area contributed by atoms with Crippen molar-refractivity contribution in [3.63, 3.8) is 0 Å². The summed E-state index contributed by atoms with van der Waals surface area (Å²) in [6, 6.07) is 14.7. The van der Waals surface area contributed by atoms with Crippen LogP contribution in [0.3, 0.4) is 0 Å². The maximum absolute atomic E-state index is 12.8. The summed E-state index contributed by atoms with van der Waals surface area (Å²) in [4.78, 5) is 36.2. The van der Waals surface area contributed by atoms with E-state index >= 15 is 0 Å². The van der Waals surface area contributed by atoms with Gasteiger partial charge < -0.3 is 15.2 Å². The summed E-state index contributed by atoms with van der Waals surface area (Å²) < 4.78 is 39.7. The van der Waals surface area contributed by atoms with E-state index in [1.165, 1.54) is 47.2 Å². The highest BCUT2D eigenvalue weighted by atomic mass is 19.4. The minimum absolute atomic E-state index is 0.00674. The summed E-state index contributed by atoms with van der Waals surface area (Å²) in [5.41, 5.74) is -0.769. The lowest BCUT2D eigenvalue weighted by Crippen LogP contribution is -2.26. The summed E-state index contributed by atoms with van der Waals surface area (Å²) in [6.45, 7) is -0.208. The van der Waals surface area contributed by atoms with Gasteiger partial charge in [-0.05, 0) is 42.5 Å². The molecule has 30 heavy (non-hydrogen) atoms. The number of hydrogen-bond acceptors (Lipinski definition) is 3. The average Bonchev–Trinajstić information content (AvgIpc) is 2.69. The minimum Gasteiger partial charge on any atom is -0.325 e. The van der Waals surface area contributed by atoms with Crippen LogP contribution in [0, 0.1) is 0 Å². The lowest BCUT2D eigenvalue weighted by Gasteiger charge is -2.11. The third-order valence-corrected chi connectivity index (χ3v) is 4.07. The van der Waals surface area contributed by atoms with Crippen LogP contribution in [0.25, 0.3) is 0 Å². The van der Waals surface area contributed by atoms with Gasteiger partial charge in [-0.1, -0.05) is 18.2 Å². The molecule has 0 unspecified atom stereocenters. The summed E-state index contributed by atoms with van der Waals surface area (Å²) >= 11 is 0. The van der Waals surface area contributed by atoms with Crippen molar-refractivity contribution in [2.75, 3.05) is 10.6 Å². The highest BCUT2D eigenvalue weighted by Crippen LogP contribution is 2.30. The second kappa shape index (κ2) is 8.64. The number of amides is 2. The first-order valence-electron chi connectivity index (χ1n) is 8.76. The van der Waals surface area contributed by atoms with Crippen molar-refractivity contribution in [3.05, 3.63) is 94.4 Å². The number of anilines is 2. The van der Waals surface area contributed by atoms with Crippen molar-refractivity contribution in [2.45, 2.75) is 12.7 Å². The number of halogens is 3. The number of pyridine rings is 1. The van der Waals surface area contributed by atoms with Crippen LogP contribution in [0.15, 0.2) is 77.7 Å². The predicted molar refractivity (Wildman–Crippen MR) is 105 cm³/mol. The van der Waals surface area contributed by atoms with Crippen LogP contribution in [-0.4, -0.2) is 16.4 Å². The van der Waals surface area contributed by atoms with E-state index in [1.807, 2.05) is 0 Å². The van der Waals surface area contributed by atoms with Crippen molar-refractivity contribution in [1.82, 2.24) is 4.57 Å². The predicted octanol–water partition coefficient (Wildman–Crippen LogP) is 3.76. The standard InChI is InChI=1S/C21H16F3N3O3/c22-21(23,24)15-6-4-8-17(12-15)26-20(30)14-5-3-7-16(11-14)25-18(28)13-27-10-2-1-9-19(27)29/h1-12H,13H2,(H,25,28)(H,26,30). The Balaban J connectivity index is 1.69. The number of benzene rings is 2. The zero-order valence-corrected chi connectivity index (χ0v) is 15.4. The molecule has 1 heterocycles. The van der Waals surface area contributed by atoms with Gasteiger partial charge in [-0.25, -0.2) is 0 Å². The second-order valence-corrected chi connectivity index (χ2v) is 6.33. The summed E-state index contributed by atoms with van der Waals surface area (Å²) in [5, 5.41) is 4.98. The topological polar surface area (TPSA) is 80.2 Å². The Labute approximate surface area is 169 Å². The molecular formula is C21H16F3N3O3. The maximum Gasteiger partial charge on any atom is 0.416 e. The third kappa shape index (κ3) is 5.34. The van der Waals surface area contributed by atoms with E-state index in [1.54, 1.807) is 18.2 Å². The van der Waals surface area contributed by atoms with Crippen LogP contribution < -0.4 is 16.2 Å². The Morgan fingerprint density at radius 1 is 0.867 bits per heavy atom. The molecule has 0 saturated heterocycles. The molecule has 0 fully saturated rings. The first-order valence-corrected chi connectivity index (χ1v) is 8.76. The van der Waals surface area contributed by atoms with Gasteiger partial charge in [0, 0.05) is 29.2 Å². The lowest BCUT2D eigenvalue weighted by molar-refractivity contribution is -0.137. The van der Waals surface area contributed by atoms with E-state index in [0.717, 1.165) is 12.1 Å². The van der Waals surface area contributed by atoms with Gasteiger partial charge in [-0.3, -0.25) is 14.4 Å². The second-order valence-electron chi connectivity index (χ2n) is 6.33. The number of carbonyl (C=O) groups excluding carboxylic acids is 2. The molecular weight excluding hydrogens is 399 g/mol. The molecule has 2 amide bonds. The van der Waals surface area contributed by atoms with E-state index in [0.29, 0.717) is 5.69 Å². The molecule has 2 N–H and O–H groups in total. The van der Waals surface area contributed by atoms with Crippen molar-refractivity contribution < 1.29 is 22.8 Å². The van der Waals surface area contributed by atoms with Crippen LogP contribution in [0.1, 0.15) is 15.9 Å². The van der Waals surface area contributed by atoms with Crippen molar-refractivity contribution >= 4 is 23.2 Å². The Morgan fingerprint density at radius 2 is 1.57 bits per heavy atom. The third-order valence-electron chi connectivity index (χ3n) is 4.07. The quantitative estimate of drug-likeness (QED) is 0.666. The highest BCUT2D eigenvalue weighted by molar-refractivity contribution is 6.05. The van der Waals surface area contributed by atoms with Gasteiger partial charge in [-0.2, -0.15) is 13.2 Å². The molecule has 0 spiro atoms. The number of rotatable bonds is 5. The Morgan fingerprint density at radius 3 is 2.27 bits per heavy atom. The van der Waals surface area contributed by atoms with Crippen molar-refractivity contribution in [3.8, 4) is 0 Å². The normalized spacial score (nSPS) is 11.0. The van der Waals surface area contributed by atoms with Crippen LogP contribution in [0.5, 0.6) is 0 Å². The number of alkyl halides is 3. The summed E-state index contributed by atoms with van der Waals surface area (Å²) in [6.07, 6.45) is -3.05. The Bertz CT molecular complexity index is 1140. The fraction of sp³-hybridized carbons (Fsp3) is 0.0952. The first-order chi connectivity index (χ1) is 14.2. The number of nitrogens with one attached hydrogen (secondary N) is 2. The minimum atomic E-state index is -4.52. The zero-order valence-electron chi connectivity index (χ0n) is 15.4. The van der Waals surface area contributed by atoms with Gasteiger partial charge in [0.05, 0.1) is 5.56 Å². The van der Waals surface area contributed by atoms with Gasteiger partial charge >= 0.3 is 6.18 Å². The Hall–Kier alpha value is -3.88. The summed E-state index contributed by atoms with van der Waals surface area (Å²) in [7, 11) is 0. The van der Waals surface area contributed by atoms with Crippen molar-refractivity contribution in [2.24, 2.45) is 0 Å². The van der Waals surface area contributed by atoms with Crippen LogP contribution in [0.2, 0.25) is 0 Å². The van der Waals surface area contributed by atoms with E-state index in [2.05, 4.69) is 10.6 Å². The number of carbonyl (C=O) groups is 2. The van der Waals surface area contributed by atoms with Gasteiger partial charge in [0.25, 0.3) is 11.5 Å². The molecule has 9 heteroatoms. The van der Waals surface area contributed by atoms with Crippen LogP contribution >= 0.6 is 0 Å². The van der Waals surface area contributed by atoms with E-state index in [4.69, 9.17) is 0 Å². The molecule has 0 aliphatic rings. The number of hydrogen-bond donors (Lipinski definition) is 2. The molecule has 0 bridgehead atoms. The van der Waals surface area contributed by atoms with Gasteiger partial charge in [0.15, 0.2) is 0 Å². The maximum atomic E-state index is 12.8. The molecule has 0 aliphatic heterocycles. The number of nitrogens with zero attached hydrogens (tertiary/aromatic N) is 1. The largest absolute Gasteiger partial charge is 0.416 e. The summed E-state index contributed by atoms with van der Waals surface area (Å²) in [5.74, 6) is -1.11. The van der Waals surface area contributed by atoms with Crippen LogP contribution in [-0.2, 0) is 17.5 Å². The molecule has 0 atom stereocenters. The van der Waals surface area contributed by atoms with Gasteiger partial charge in [0.2, 0.25) is 5.91 Å². The highest BCUT2D eigenvalue weighted by Gasteiger charge is 2.30. The average molecular weight is 415 g/mol. The molecule has 0 radical (unpaired) electrons. The molecule has 3 aromatic rings. The molecule has 1 aromatic heterocycles. The van der Waals surface area contributed by atoms with Crippen LogP contribution in [0.4, 0.5) is 24.5 Å². The van der Waals surface area contributed by atoms with E-state index in [9.17, 15) is 27.6 Å². The monoisotopic (exact) mass is 415 g/mol.